The Bertz CT molecular complexity index is 1330. The van der Waals surface area contributed by atoms with Crippen molar-refractivity contribution < 1.29 is 42.1 Å². The second kappa shape index (κ2) is 43.4. The minimum absolute atomic E-state index is 0.0427. The Labute approximate surface area is 380 Å². The molecule has 356 valence electrons. The van der Waals surface area contributed by atoms with Gasteiger partial charge < -0.3 is 27.9 Å². The van der Waals surface area contributed by atoms with Gasteiger partial charge in [0.1, 0.15) is 19.8 Å². The zero-order chi connectivity index (χ0) is 45.7. The standard InChI is InChI=1S/C52H90NO8P/c1-6-8-10-12-14-16-18-20-22-24-26-28-30-32-34-36-38-40-42-44-51(54)58-48-50(49-60-62(56,57)59-47-46-53(3,4)5)61-52(55)45-43-41-39-37-35-33-31-29-27-25-23-21-19-17-15-13-11-9-7-2/h9,11,14-17,20-23,27,29,33,35,50H,6-8,10,12-13,18-19,24-26,28,30-32,34,36-49H2,1-5H3/b11-9-,16-14-,17-15-,22-20-,23-21-,29-27-,35-33-. The SMILES string of the molecule is CC/C=C\C/C=C\C/C=C\C/C=C\C/C=C\CCCCCC(=O)OC(COC(=O)CCCCCCCCCCC/C=C\C/C=C\CCCCC)COP(=O)([O-])OCC[N+](C)(C)C. The monoisotopic (exact) mass is 888 g/mol. The summed E-state index contributed by atoms with van der Waals surface area (Å²) < 4.78 is 34.0. The molecule has 0 aromatic rings. The van der Waals surface area contributed by atoms with Crippen LogP contribution in [-0.2, 0) is 32.7 Å². The fourth-order valence-corrected chi connectivity index (χ4v) is 6.85. The number of likely N-dealkylation sites (N-methyl/N-ethyl adjacent to an activating group) is 1. The highest BCUT2D eigenvalue weighted by atomic mass is 31.2. The van der Waals surface area contributed by atoms with Gasteiger partial charge in [0.25, 0.3) is 7.82 Å². The molecule has 0 saturated heterocycles. The van der Waals surface area contributed by atoms with Crippen LogP contribution in [0.2, 0.25) is 0 Å². The Morgan fingerprint density at radius 1 is 0.516 bits per heavy atom. The van der Waals surface area contributed by atoms with E-state index in [9.17, 15) is 19.0 Å². The van der Waals surface area contributed by atoms with Gasteiger partial charge in [-0.15, -0.1) is 0 Å². The molecule has 0 heterocycles. The number of esters is 2. The number of quaternary nitrogens is 1. The first-order chi connectivity index (χ1) is 30.0. The van der Waals surface area contributed by atoms with Crippen molar-refractivity contribution in [3.05, 3.63) is 85.1 Å². The summed E-state index contributed by atoms with van der Waals surface area (Å²) in [4.78, 5) is 37.7. The molecule has 0 bridgehead atoms. The average Bonchev–Trinajstić information content (AvgIpc) is 3.23. The third kappa shape index (κ3) is 46.7. The lowest BCUT2D eigenvalue weighted by molar-refractivity contribution is -0.870. The van der Waals surface area contributed by atoms with Crippen molar-refractivity contribution in [1.82, 2.24) is 0 Å². The lowest BCUT2D eigenvalue weighted by atomic mass is 10.1. The van der Waals surface area contributed by atoms with E-state index >= 15 is 0 Å². The molecule has 0 aromatic carbocycles. The Morgan fingerprint density at radius 3 is 1.39 bits per heavy atom. The van der Waals surface area contributed by atoms with Crippen molar-refractivity contribution in [1.29, 1.82) is 0 Å². The highest BCUT2D eigenvalue weighted by molar-refractivity contribution is 7.45. The molecule has 0 radical (unpaired) electrons. The molecule has 0 amide bonds. The number of carbonyl (C=O) groups excluding carboxylic acids is 2. The third-order valence-electron chi connectivity index (χ3n) is 9.90. The van der Waals surface area contributed by atoms with Gasteiger partial charge in [0.05, 0.1) is 27.7 Å². The largest absolute Gasteiger partial charge is 0.756 e. The van der Waals surface area contributed by atoms with E-state index in [2.05, 4.69) is 98.9 Å². The first kappa shape index (κ1) is 59.2. The number of unbranched alkanes of at least 4 members (excludes halogenated alkanes) is 15. The summed E-state index contributed by atoms with van der Waals surface area (Å²) >= 11 is 0. The number of rotatable bonds is 43. The number of phosphoric acid groups is 1. The molecule has 0 rings (SSSR count). The summed E-state index contributed by atoms with van der Waals surface area (Å²) in [5.41, 5.74) is 0. The smallest absolute Gasteiger partial charge is 0.306 e. The summed E-state index contributed by atoms with van der Waals surface area (Å²) in [7, 11) is 1.13. The number of allylic oxidation sites excluding steroid dienone is 14. The summed E-state index contributed by atoms with van der Waals surface area (Å²) in [5.74, 6) is -0.882. The van der Waals surface area contributed by atoms with Crippen LogP contribution in [0, 0.1) is 0 Å². The average molecular weight is 888 g/mol. The molecule has 2 unspecified atom stereocenters. The molecule has 0 aliphatic heterocycles. The molecule has 62 heavy (non-hydrogen) atoms. The first-order valence-corrected chi connectivity index (χ1v) is 25.8. The van der Waals surface area contributed by atoms with E-state index in [4.69, 9.17) is 18.5 Å². The summed E-state index contributed by atoms with van der Waals surface area (Å²) in [6, 6.07) is 0. The van der Waals surface area contributed by atoms with Crippen LogP contribution in [0.3, 0.4) is 0 Å². The molecule has 2 atom stereocenters. The lowest BCUT2D eigenvalue weighted by Gasteiger charge is -2.28. The molecule has 0 N–H and O–H groups in total. The number of phosphoric ester groups is 1. The Hall–Kier alpha value is -2.81. The normalized spacial score (nSPS) is 14.2. The summed E-state index contributed by atoms with van der Waals surface area (Å²) in [6.45, 7) is 4.04. The van der Waals surface area contributed by atoms with Crippen molar-refractivity contribution in [3.63, 3.8) is 0 Å². The molecule has 0 fully saturated rings. The van der Waals surface area contributed by atoms with Gasteiger partial charge in [-0.2, -0.15) is 0 Å². The van der Waals surface area contributed by atoms with E-state index in [0.717, 1.165) is 89.9 Å². The van der Waals surface area contributed by atoms with Gasteiger partial charge in [-0.25, -0.2) is 0 Å². The molecular formula is C52H90NO8P. The topological polar surface area (TPSA) is 111 Å². The van der Waals surface area contributed by atoms with E-state index in [1.54, 1.807) is 0 Å². The van der Waals surface area contributed by atoms with Crippen molar-refractivity contribution in [2.45, 2.75) is 187 Å². The zero-order valence-electron chi connectivity index (χ0n) is 40.0. The van der Waals surface area contributed by atoms with Crippen LogP contribution < -0.4 is 4.89 Å². The van der Waals surface area contributed by atoms with Gasteiger partial charge in [0, 0.05) is 12.8 Å². The number of ether oxygens (including phenoxy) is 2. The quantitative estimate of drug-likeness (QED) is 0.0196. The van der Waals surface area contributed by atoms with Crippen LogP contribution in [0.5, 0.6) is 0 Å². The van der Waals surface area contributed by atoms with Crippen LogP contribution in [0.15, 0.2) is 85.1 Å². The second-order valence-corrected chi connectivity index (χ2v) is 18.5. The minimum atomic E-state index is -4.64. The lowest BCUT2D eigenvalue weighted by Crippen LogP contribution is -2.37. The maximum absolute atomic E-state index is 12.7. The molecule has 9 nitrogen and oxygen atoms in total. The number of hydrogen-bond acceptors (Lipinski definition) is 8. The molecule has 10 heteroatoms. The zero-order valence-corrected chi connectivity index (χ0v) is 40.9. The van der Waals surface area contributed by atoms with Crippen LogP contribution in [0.25, 0.3) is 0 Å². The van der Waals surface area contributed by atoms with Gasteiger partial charge in [0.2, 0.25) is 0 Å². The Balaban J connectivity index is 4.38. The van der Waals surface area contributed by atoms with Crippen molar-refractivity contribution in [2.75, 3.05) is 47.5 Å². The van der Waals surface area contributed by atoms with Crippen LogP contribution in [0.1, 0.15) is 181 Å². The van der Waals surface area contributed by atoms with Gasteiger partial charge in [-0.3, -0.25) is 14.2 Å². The molecule has 0 aliphatic carbocycles. The fraction of sp³-hybridized carbons (Fsp3) is 0.692. The highest BCUT2D eigenvalue weighted by Gasteiger charge is 2.21. The van der Waals surface area contributed by atoms with Gasteiger partial charge in [-0.1, -0.05) is 163 Å². The Kier molecular flexibility index (Phi) is 41.5. The molecule has 0 saturated carbocycles. The summed E-state index contributed by atoms with van der Waals surface area (Å²) in [6.07, 6.45) is 56.1. The first-order valence-electron chi connectivity index (χ1n) is 24.3. The van der Waals surface area contributed by atoms with Crippen LogP contribution in [-0.4, -0.2) is 70.0 Å². The van der Waals surface area contributed by atoms with Crippen LogP contribution in [0.4, 0.5) is 0 Å². The van der Waals surface area contributed by atoms with Gasteiger partial charge in [-0.05, 0) is 89.9 Å². The fourth-order valence-electron chi connectivity index (χ4n) is 6.12. The molecule has 0 spiro atoms. The summed E-state index contributed by atoms with van der Waals surface area (Å²) in [5, 5.41) is 0. The van der Waals surface area contributed by atoms with Crippen LogP contribution >= 0.6 is 7.82 Å². The van der Waals surface area contributed by atoms with E-state index in [-0.39, 0.29) is 26.1 Å². The predicted molar refractivity (Wildman–Crippen MR) is 259 cm³/mol. The van der Waals surface area contributed by atoms with E-state index < -0.39 is 32.5 Å². The number of nitrogens with zero attached hydrogens (tertiary/aromatic N) is 1. The maximum atomic E-state index is 12.7. The minimum Gasteiger partial charge on any atom is -0.756 e. The van der Waals surface area contributed by atoms with Crippen molar-refractivity contribution >= 4 is 19.8 Å². The predicted octanol–water partition coefficient (Wildman–Crippen LogP) is 13.7. The molecule has 0 aromatic heterocycles. The van der Waals surface area contributed by atoms with E-state index in [0.29, 0.717) is 17.4 Å². The number of hydrogen-bond donors (Lipinski definition) is 0. The van der Waals surface area contributed by atoms with Crippen molar-refractivity contribution in [3.8, 4) is 0 Å². The van der Waals surface area contributed by atoms with Crippen molar-refractivity contribution in [2.24, 2.45) is 0 Å². The van der Waals surface area contributed by atoms with E-state index in [1.807, 2.05) is 21.1 Å². The van der Waals surface area contributed by atoms with Gasteiger partial charge >= 0.3 is 11.9 Å². The second-order valence-electron chi connectivity index (χ2n) is 17.1. The van der Waals surface area contributed by atoms with E-state index in [1.165, 1.54) is 57.8 Å². The number of carbonyl (C=O) groups is 2. The Morgan fingerprint density at radius 2 is 0.919 bits per heavy atom. The third-order valence-corrected chi connectivity index (χ3v) is 10.9. The molecular weight excluding hydrogens is 798 g/mol. The van der Waals surface area contributed by atoms with Gasteiger partial charge in [0.15, 0.2) is 6.10 Å². The molecule has 0 aliphatic rings. The maximum Gasteiger partial charge on any atom is 0.306 e. The highest BCUT2D eigenvalue weighted by Crippen LogP contribution is 2.38.